The molecule has 17 heavy (non-hydrogen) atoms. The van der Waals surface area contributed by atoms with Crippen molar-refractivity contribution in [3.05, 3.63) is 71.8 Å². The molecular formula is C14H13Cl2P. The van der Waals surface area contributed by atoms with Crippen LogP contribution in [0.3, 0.4) is 0 Å². The van der Waals surface area contributed by atoms with Crippen LogP contribution in [0.15, 0.2) is 60.7 Å². The summed E-state index contributed by atoms with van der Waals surface area (Å²) >= 11 is 13.1. The predicted molar refractivity (Wildman–Crippen MR) is 78.7 cm³/mol. The third-order valence-corrected chi connectivity index (χ3v) is 4.70. The lowest BCUT2D eigenvalue weighted by atomic mass is 10.0. The number of hydrogen-bond acceptors (Lipinski definition) is 0. The topological polar surface area (TPSA) is 0 Å². The van der Waals surface area contributed by atoms with Gasteiger partial charge in [0.15, 0.2) is 0 Å². The van der Waals surface area contributed by atoms with Crippen molar-refractivity contribution in [3.8, 4) is 0 Å². The second kappa shape index (κ2) is 5.40. The normalized spacial score (nSPS) is 16.2. The number of halogens is 2. The molecule has 0 aliphatic heterocycles. The van der Waals surface area contributed by atoms with Crippen LogP contribution in [0.1, 0.15) is 16.5 Å². The minimum atomic E-state index is -0.690. The SMILES string of the molecule is PC(Cl)(c1ccccc1)C(Cl)c1ccccc1. The summed E-state index contributed by atoms with van der Waals surface area (Å²) in [4.78, 5) is 0. The van der Waals surface area contributed by atoms with E-state index in [1.165, 1.54) is 0 Å². The third kappa shape index (κ3) is 2.83. The Kier molecular flexibility index (Phi) is 4.09. The molecule has 88 valence electrons. The molecule has 0 nitrogen and oxygen atoms in total. The van der Waals surface area contributed by atoms with Gasteiger partial charge in [0.05, 0.1) is 5.38 Å². The average molecular weight is 283 g/mol. The Morgan fingerprint density at radius 2 is 1.35 bits per heavy atom. The molecule has 0 aromatic heterocycles. The first-order valence-corrected chi connectivity index (χ1v) is 6.74. The lowest BCUT2D eigenvalue weighted by Gasteiger charge is -2.28. The maximum atomic E-state index is 6.58. The van der Waals surface area contributed by atoms with Gasteiger partial charge in [-0.2, -0.15) is 0 Å². The van der Waals surface area contributed by atoms with Gasteiger partial charge in [-0.3, -0.25) is 0 Å². The molecule has 0 bridgehead atoms. The first kappa shape index (κ1) is 12.9. The number of rotatable bonds is 3. The Labute approximate surface area is 114 Å². The molecule has 0 N–H and O–H groups in total. The highest BCUT2D eigenvalue weighted by Gasteiger charge is 2.33. The molecule has 0 heterocycles. The molecule has 3 unspecified atom stereocenters. The van der Waals surface area contributed by atoms with Gasteiger partial charge >= 0.3 is 0 Å². The monoisotopic (exact) mass is 282 g/mol. The zero-order valence-electron chi connectivity index (χ0n) is 9.18. The van der Waals surface area contributed by atoms with Crippen LogP contribution in [-0.4, -0.2) is 0 Å². The summed E-state index contributed by atoms with van der Waals surface area (Å²) in [6.45, 7) is 0. The Morgan fingerprint density at radius 3 is 1.88 bits per heavy atom. The summed E-state index contributed by atoms with van der Waals surface area (Å²) < 4.78 is -0.690. The standard InChI is InChI=1S/C14H13Cl2P/c15-13(11-7-3-1-4-8-11)14(16,17)12-9-5-2-6-10-12/h1-10,13H,17H2. The summed E-state index contributed by atoms with van der Waals surface area (Å²) in [7, 11) is 2.65. The number of hydrogen-bond donors (Lipinski definition) is 0. The molecule has 2 aromatic carbocycles. The summed E-state index contributed by atoms with van der Waals surface area (Å²) in [6.07, 6.45) is 0. The molecule has 0 saturated heterocycles. The molecule has 3 heteroatoms. The molecule has 2 aromatic rings. The third-order valence-electron chi connectivity index (χ3n) is 2.68. The quantitative estimate of drug-likeness (QED) is 0.553. The number of benzene rings is 2. The Hall–Kier alpha value is -0.550. The van der Waals surface area contributed by atoms with E-state index in [1.54, 1.807) is 0 Å². The van der Waals surface area contributed by atoms with Gasteiger partial charge in [0.25, 0.3) is 0 Å². The molecule has 0 aliphatic rings. The Balaban J connectivity index is 2.33. The summed E-state index contributed by atoms with van der Waals surface area (Å²) in [5.74, 6) is 0. The fourth-order valence-corrected chi connectivity index (χ4v) is 2.61. The molecule has 0 radical (unpaired) electrons. The van der Waals surface area contributed by atoms with E-state index in [0.29, 0.717) is 0 Å². The maximum absolute atomic E-state index is 6.58. The van der Waals surface area contributed by atoms with E-state index in [1.807, 2.05) is 60.7 Å². The van der Waals surface area contributed by atoms with Crippen molar-refractivity contribution in [2.45, 2.75) is 9.99 Å². The molecular weight excluding hydrogens is 270 g/mol. The fraction of sp³-hybridized carbons (Fsp3) is 0.143. The smallest absolute Gasteiger partial charge is 0.103 e. The van der Waals surface area contributed by atoms with E-state index in [-0.39, 0.29) is 5.38 Å². The zero-order chi connectivity index (χ0) is 12.3. The first-order valence-electron chi connectivity index (χ1n) is 5.34. The van der Waals surface area contributed by atoms with Gasteiger partial charge in [-0.25, -0.2) is 0 Å². The van der Waals surface area contributed by atoms with Crippen molar-refractivity contribution in [1.29, 1.82) is 0 Å². The second-order valence-electron chi connectivity index (χ2n) is 3.91. The van der Waals surface area contributed by atoms with E-state index < -0.39 is 4.62 Å². The van der Waals surface area contributed by atoms with Crippen LogP contribution in [0.25, 0.3) is 0 Å². The van der Waals surface area contributed by atoms with Gasteiger partial charge in [0.2, 0.25) is 0 Å². The highest BCUT2D eigenvalue weighted by atomic mass is 35.5. The van der Waals surface area contributed by atoms with Crippen molar-refractivity contribution in [1.82, 2.24) is 0 Å². The molecule has 0 spiro atoms. The minimum absolute atomic E-state index is 0.294. The molecule has 3 atom stereocenters. The van der Waals surface area contributed by atoms with Gasteiger partial charge in [0.1, 0.15) is 4.62 Å². The first-order chi connectivity index (χ1) is 8.12. The lowest BCUT2D eigenvalue weighted by Crippen LogP contribution is -2.16. The van der Waals surface area contributed by atoms with Crippen LogP contribution in [-0.2, 0) is 4.62 Å². The predicted octanol–water partition coefficient (Wildman–Crippen LogP) is 4.93. The minimum Gasteiger partial charge on any atom is -0.115 e. The summed E-state index contributed by atoms with van der Waals surface area (Å²) in [5, 5.41) is -0.294. The van der Waals surface area contributed by atoms with Crippen LogP contribution in [0.4, 0.5) is 0 Å². The van der Waals surface area contributed by atoms with Crippen molar-refractivity contribution >= 4 is 32.4 Å². The molecule has 0 fully saturated rings. The molecule has 0 amide bonds. The largest absolute Gasteiger partial charge is 0.115 e. The van der Waals surface area contributed by atoms with E-state index in [9.17, 15) is 0 Å². The van der Waals surface area contributed by atoms with Crippen molar-refractivity contribution < 1.29 is 0 Å². The van der Waals surface area contributed by atoms with Crippen molar-refractivity contribution in [2.24, 2.45) is 0 Å². The highest BCUT2D eigenvalue weighted by molar-refractivity contribution is 7.22. The maximum Gasteiger partial charge on any atom is 0.103 e. The fourth-order valence-electron chi connectivity index (χ4n) is 1.70. The molecule has 0 aliphatic carbocycles. The van der Waals surface area contributed by atoms with Crippen LogP contribution >= 0.6 is 32.4 Å². The Bertz CT molecular complexity index is 468. The van der Waals surface area contributed by atoms with E-state index in [4.69, 9.17) is 23.2 Å². The highest BCUT2D eigenvalue weighted by Crippen LogP contribution is 2.50. The van der Waals surface area contributed by atoms with Gasteiger partial charge in [0, 0.05) is 0 Å². The average Bonchev–Trinajstić information content (AvgIpc) is 2.40. The second-order valence-corrected chi connectivity index (χ2v) is 6.25. The van der Waals surface area contributed by atoms with Gasteiger partial charge in [-0.15, -0.1) is 32.4 Å². The van der Waals surface area contributed by atoms with Gasteiger partial charge < -0.3 is 0 Å². The van der Waals surface area contributed by atoms with Crippen molar-refractivity contribution in [2.75, 3.05) is 0 Å². The van der Waals surface area contributed by atoms with Crippen LogP contribution < -0.4 is 0 Å². The molecule has 0 saturated carbocycles. The van der Waals surface area contributed by atoms with Crippen LogP contribution in [0, 0.1) is 0 Å². The van der Waals surface area contributed by atoms with E-state index >= 15 is 0 Å². The summed E-state index contributed by atoms with van der Waals surface area (Å²) in [5.41, 5.74) is 2.01. The summed E-state index contributed by atoms with van der Waals surface area (Å²) in [6, 6.07) is 19.7. The molecule has 2 rings (SSSR count). The van der Waals surface area contributed by atoms with Crippen LogP contribution in [0.5, 0.6) is 0 Å². The number of alkyl halides is 2. The van der Waals surface area contributed by atoms with Crippen LogP contribution in [0.2, 0.25) is 0 Å². The lowest BCUT2D eigenvalue weighted by molar-refractivity contribution is 0.817. The van der Waals surface area contributed by atoms with Crippen molar-refractivity contribution in [3.63, 3.8) is 0 Å². The van der Waals surface area contributed by atoms with Gasteiger partial charge in [-0.05, 0) is 11.1 Å². The van der Waals surface area contributed by atoms with E-state index in [0.717, 1.165) is 11.1 Å². The Morgan fingerprint density at radius 1 is 0.882 bits per heavy atom. The zero-order valence-corrected chi connectivity index (χ0v) is 11.9. The van der Waals surface area contributed by atoms with E-state index in [2.05, 4.69) is 9.24 Å². The van der Waals surface area contributed by atoms with Gasteiger partial charge in [-0.1, -0.05) is 60.7 Å².